The largest absolute Gasteiger partial charge is 0.493 e. The number of nitrogen functional groups attached to an aromatic ring is 1. The fraction of sp³-hybridized carbons (Fsp3) is 0.143. The first kappa shape index (κ1) is 13.7. The summed E-state index contributed by atoms with van der Waals surface area (Å²) in [4.78, 5) is 0. The van der Waals surface area contributed by atoms with Crippen molar-refractivity contribution in [1.29, 1.82) is 0 Å². The molecule has 0 bridgehead atoms. The molecule has 0 heterocycles. The number of methoxy groups -OCH3 is 1. The molecule has 0 aliphatic heterocycles. The third-order valence-electron chi connectivity index (χ3n) is 2.59. The van der Waals surface area contributed by atoms with Crippen LogP contribution in [0.15, 0.2) is 40.9 Å². The van der Waals surface area contributed by atoms with Crippen LogP contribution < -0.4 is 15.2 Å². The number of anilines is 1. The molecule has 0 radical (unpaired) electrons. The lowest BCUT2D eigenvalue weighted by Crippen LogP contribution is -2.00. The maximum Gasteiger partial charge on any atom is 0.163 e. The number of rotatable bonds is 4. The number of benzene rings is 2. The fourth-order valence-corrected chi connectivity index (χ4v) is 1.93. The SMILES string of the molecule is COc1ccc(N)cc1OCc1ccc(Br)cc1F. The van der Waals surface area contributed by atoms with Gasteiger partial charge in [0.15, 0.2) is 11.5 Å². The zero-order chi connectivity index (χ0) is 13.8. The van der Waals surface area contributed by atoms with Crippen molar-refractivity contribution in [2.75, 3.05) is 12.8 Å². The van der Waals surface area contributed by atoms with Crippen molar-refractivity contribution in [3.8, 4) is 11.5 Å². The van der Waals surface area contributed by atoms with E-state index in [1.54, 1.807) is 37.4 Å². The minimum Gasteiger partial charge on any atom is -0.493 e. The van der Waals surface area contributed by atoms with E-state index in [4.69, 9.17) is 15.2 Å². The Morgan fingerprint density at radius 1 is 1.16 bits per heavy atom. The summed E-state index contributed by atoms with van der Waals surface area (Å²) in [6.07, 6.45) is 0. The molecule has 0 aliphatic carbocycles. The van der Waals surface area contributed by atoms with Crippen molar-refractivity contribution < 1.29 is 13.9 Å². The van der Waals surface area contributed by atoms with Crippen molar-refractivity contribution in [2.24, 2.45) is 0 Å². The van der Waals surface area contributed by atoms with Crippen LogP contribution in [0.1, 0.15) is 5.56 Å². The Hall–Kier alpha value is -1.75. The van der Waals surface area contributed by atoms with E-state index in [0.29, 0.717) is 27.2 Å². The predicted octanol–water partition coefficient (Wildman–Crippen LogP) is 3.76. The molecule has 2 rings (SSSR count). The van der Waals surface area contributed by atoms with E-state index >= 15 is 0 Å². The summed E-state index contributed by atoms with van der Waals surface area (Å²) in [7, 11) is 1.54. The monoisotopic (exact) mass is 325 g/mol. The molecule has 2 aromatic carbocycles. The first-order valence-corrected chi connectivity index (χ1v) is 6.39. The van der Waals surface area contributed by atoms with E-state index in [0.717, 1.165) is 0 Å². The molecule has 0 unspecified atom stereocenters. The van der Waals surface area contributed by atoms with Gasteiger partial charge < -0.3 is 15.2 Å². The molecule has 0 atom stereocenters. The number of ether oxygens (including phenoxy) is 2. The average molecular weight is 326 g/mol. The number of hydrogen-bond donors (Lipinski definition) is 1. The Bertz CT molecular complexity index is 590. The molecule has 0 aromatic heterocycles. The molecular formula is C14H13BrFNO2. The van der Waals surface area contributed by atoms with Crippen molar-refractivity contribution in [3.05, 3.63) is 52.3 Å². The van der Waals surface area contributed by atoms with E-state index in [2.05, 4.69) is 15.9 Å². The molecule has 5 heteroatoms. The zero-order valence-corrected chi connectivity index (χ0v) is 11.9. The summed E-state index contributed by atoms with van der Waals surface area (Å²) in [6.45, 7) is 0.110. The summed E-state index contributed by atoms with van der Waals surface area (Å²) >= 11 is 3.21. The van der Waals surface area contributed by atoms with Crippen LogP contribution in [0.5, 0.6) is 11.5 Å². The smallest absolute Gasteiger partial charge is 0.163 e. The van der Waals surface area contributed by atoms with Gasteiger partial charge in [-0.05, 0) is 24.3 Å². The van der Waals surface area contributed by atoms with Crippen molar-refractivity contribution in [1.82, 2.24) is 0 Å². The first-order chi connectivity index (χ1) is 9.10. The molecule has 19 heavy (non-hydrogen) atoms. The Balaban J connectivity index is 2.16. The van der Waals surface area contributed by atoms with Gasteiger partial charge in [0.2, 0.25) is 0 Å². The van der Waals surface area contributed by atoms with Crippen LogP contribution in [0.3, 0.4) is 0 Å². The van der Waals surface area contributed by atoms with Gasteiger partial charge in [-0.1, -0.05) is 22.0 Å². The summed E-state index contributed by atoms with van der Waals surface area (Å²) < 4.78 is 25.1. The van der Waals surface area contributed by atoms with Crippen LogP contribution in [0, 0.1) is 5.82 Å². The van der Waals surface area contributed by atoms with Gasteiger partial charge in [-0.3, -0.25) is 0 Å². The lowest BCUT2D eigenvalue weighted by atomic mass is 10.2. The van der Waals surface area contributed by atoms with Gasteiger partial charge in [-0.2, -0.15) is 0 Å². The number of halogens is 2. The van der Waals surface area contributed by atoms with E-state index in [1.165, 1.54) is 6.07 Å². The molecule has 0 saturated carbocycles. The lowest BCUT2D eigenvalue weighted by Gasteiger charge is -2.11. The molecule has 0 spiro atoms. The van der Waals surface area contributed by atoms with Gasteiger partial charge in [0.1, 0.15) is 12.4 Å². The normalized spacial score (nSPS) is 10.3. The van der Waals surface area contributed by atoms with Crippen LogP contribution in [-0.4, -0.2) is 7.11 Å². The maximum atomic E-state index is 13.6. The molecule has 100 valence electrons. The minimum absolute atomic E-state index is 0.110. The first-order valence-electron chi connectivity index (χ1n) is 5.60. The van der Waals surface area contributed by atoms with Gasteiger partial charge >= 0.3 is 0 Å². The van der Waals surface area contributed by atoms with E-state index < -0.39 is 0 Å². The molecular weight excluding hydrogens is 313 g/mol. The van der Waals surface area contributed by atoms with Crippen molar-refractivity contribution in [3.63, 3.8) is 0 Å². The van der Waals surface area contributed by atoms with Crippen LogP contribution in [-0.2, 0) is 6.61 Å². The fourth-order valence-electron chi connectivity index (χ4n) is 1.60. The molecule has 0 fully saturated rings. The second-order valence-corrected chi connectivity index (χ2v) is 4.85. The second kappa shape index (κ2) is 5.93. The highest BCUT2D eigenvalue weighted by atomic mass is 79.9. The quantitative estimate of drug-likeness (QED) is 0.870. The van der Waals surface area contributed by atoms with E-state index in [9.17, 15) is 4.39 Å². The molecule has 2 aromatic rings. The lowest BCUT2D eigenvalue weighted by molar-refractivity contribution is 0.280. The minimum atomic E-state index is -0.322. The predicted molar refractivity (Wildman–Crippen MR) is 75.8 cm³/mol. The molecule has 3 nitrogen and oxygen atoms in total. The van der Waals surface area contributed by atoms with E-state index in [1.807, 2.05) is 0 Å². The van der Waals surface area contributed by atoms with E-state index in [-0.39, 0.29) is 12.4 Å². The number of hydrogen-bond acceptors (Lipinski definition) is 3. The summed E-state index contributed by atoms with van der Waals surface area (Å²) in [5.74, 6) is 0.730. The highest BCUT2D eigenvalue weighted by molar-refractivity contribution is 9.10. The number of nitrogens with two attached hydrogens (primary N) is 1. The van der Waals surface area contributed by atoms with Crippen molar-refractivity contribution >= 4 is 21.6 Å². The highest BCUT2D eigenvalue weighted by Gasteiger charge is 2.08. The summed E-state index contributed by atoms with van der Waals surface area (Å²) in [6, 6.07) is 9.90. The molecule has 2 N–H and O–H groups in total. The topological polar surface area (TPSA) is 44.5 Å². The van der Waals surface area contributed by atoms with Gasteiger partial charge in [0.25, 0.3) is 0 Å². The highest BCUT2D eigenvalue weighted by Crippen LogP contribution is 2.30. The Morgan fingerprint density at radius 3 is 2.63 bits per heavy atom. The van der Waals surface area contributed by atoms with Gasteiger partial charge in [0.05, 0.1) is 7.11 Å². The van der Waals surface area contributed by atoms with Crippen molar-refractivity contribution in [2.45, 2.75) is 6.61 Å². The Labute approximate surface area is 119 Å². The summed E-state index contributed by atoms with van der Waals surface area (Å²) in [5.41, 5.74) is 6.71. The van der Waals surface area contributed by atoms with Crippen LogP contribution in [0.25, 0.3) is 0 Å². The van der Waals surface area contributed by atoms with Crippen LogP contribution in [0.4, 0.5) is 10.1 Å². The third-order valence-corrected chi connectivity index (χ3v) is 3.08. The molecule has 0 saturated heterocycles. The third kappa shape index (κ3) is 3.38. The zero-order valence-electron chi connectivity index (χ0n) is 10.3. The maximum absolute atomic E-state index is 13.6. The van der Waals surface area contributed by atoms with Crippen LogP contribution in [0.2, 0.25) is 0 Å². The van der Waals surface area contributed by atoms with Gasteiger partial charge in [-0.15, -0.1) is 0 Å². The average Bonchev–Trinajstić information content (AvgIpc) is 2.38. The van der Waals surface area contributed by atoms with Gasteiger partial charge in [-0.25, -0.2) is 4.39 Å². The second-order valence-electron chi connectivity index (χ2n) is 3.93. The molecule has 0 amide bonds. The summed E-state index contributed by atoms with van der Waals surface area (Å²) in [5, 5.41) is 0. The standard InChI is InChI=1S/C14H13BrFNO2/c1-18-13-5-4-11(17)7-14(13)19-8-9-2-3-10(15)6-12(9)16/h2-7H,8,17H2,1H3. The Kier molecular flexibility index (Phi) is 4.27. The van der Waals surface area contributed by atoms with Gasteiger partial charge in [0, 0.05) is 21.8 Å². The molecule has 0 aliphatic rings. The van der Waals surface area contributed by atoms with Crippen LogP contribution >= 0.6 is 15.9 Å². The Morgan fingerprint density at radius 2 is 1.95 bits per heavy atom.